The fraction of sp³-hybridized carbons (Fsp3) is 0.364. The minimum atomic E-state index is -0.332. The van der Waals surface area contributed by atoms with Crippen LogP contribution in [0.15, 0.2) is 35.7 Å². The van der Waals surface area contributed by atoms with Crippen LogP contribution in [0.2, 0.25) is 0 Å². The predicted molar refractivity (Wildman–Crippen MR) is 125 cm³/mol. The number of anilines is 2. The molecule has 33 heavy (non-hydrogen) atoms. The molecule has 0 bridgehead atoms. The van der Waals surface area contributed by atoms with Gasteiger partial charge in [0, 0.05) is 50.9 Å². The standard InChI is InChI=1S/C22H21N5O4S2/c28-19-10-14(12-27(19)15-3-4-16-17(11-15)31-13-30-16)21(29)25-5-7-26(8-6-25)22-24-23-20(33-22)18-2-1-9-32-18/h1-4,9,11,14H,5-8,10,12-13H2. The molecule has 2 aromatic heterocycles. The first-order valence-corrected chi connectivity index (χ1v) is 12.5. The molecule has 3 aliphatic heterocycles. The Bertz CT molecular complexity index is 1190. The number of piperazine rings is 1. The van der Waals surface area contributed by atoms with E-state index in [0.717, 1.165) is 20.7 Å². The Kier molecular flexibility index (Phi) is 5.14. The van der Waals surface area contributed by atoms with Gasteiger partial charge in [-0.25, -0.2) is 0 Å². The summed E-state index contributed by atoms with van der Waals surface area (Å²) in [7, 11) is 0. The van der Waals surface area contributed by atoms with Crippen molar-refractivity contribution in [2.24, 2.45) is 5.92 Å². The second-order valence-electron chi connectivity index (χ2n) is 8.12. The number of aromatic nitrogens is 2. The number of hydrogen-bond acceptors (Lipinski definition) is 9. The van der Waals surface area contributed by atoms with E-state index in [9.17, 15) is 9.59 Å². The molecule has 3 aromatic rings. The number of nitrogens with zero attached hydrogens (tertiary/aromatic N) is 5. The van der Waals surface area contributed by atoms with E-state index in [-0.39, 0.29) is 30.9 Å². The molecule has 9 nitrogen and oxygen atoms in total. The lowest BCUT2D eigenvalue weighted by Crippen LogP contribution is -2.50. The minimum absolute atomic E-state index is 0.0409. The maximum Gasteiger partial charge on any atom is 0.231 e. The van der Waals surface area contributed by atoms with Crippen LogP contribution in [-0.4, -0.2) is 66.4 Å². The third kappa shape index (κ3) is 3.80. The SMILES string of the molecule is O=C(C1CC(=O)N(c2ccc3c(c2)OCO3)C1)N1CCN(c2nnc(-c3cccs3)s2)CC1. The smallest absolute Gasteiger partial charge is 0.231 e. The average Bonchev–Trinajstić information content (AvgIpc) is 3.64. The lowest BCUT2D eigenvalue weighted by molar-refractivity contribution is -0.136. The Balaban J connectivity index is 1.07. The van der Waals surface area contributed by atoms with Crippen LogP contribution in [0.1, 0.15) is 6.42 Å². The van der Waals surface area contributed by atoms with Crippen molar-refractivity contribution in [2.45, 2.75) is 6.42 Å². The normalized spacial score (nSPS) is 20.1. The molecule has 5 heterocycles. The van der Waals surface area contributed by atoms with Gasteiger partial charge in [0.15, 0.2) is 16.5 Å². The van der Waals surface area contributed by atoms with Gasteiger partial charge in [0.2, 0.25) is 23.7 Å². The van der Waals surface area contributed by atoms with Gasteiger partial charge in [-0.1, -0.05) is 17.4 Å². The number of benzene rings is 1. The summed E-state index contributed by atoms with van der Waals surface area (Å²) in [6.45, 7) is 3.21. The van der Waals surface area contributed by atoms with Crippen LogP contribution in [0.25, 0.3) is 9.88 Å². The van der Waals surface area contributed by atoms with Crippen molar-refractivity contribution < 1.29 is 19.1 Å². The molecule has 3 aliphatic rings. The number of hydrogen-bond donors (Lipinski definition) is 0. The van der Waals surface area contributed by atoms with Gasteiger partial charge in [-0.3, -0.25) is 9.59 Å². The largest absolute Gasteiger partial charge is 0.454 e. The zero-order chi connectivity index (χ0) is 22.4. The van der Waals surface area contributed by atoms with E-state index in [1.54, 1.807) is 39.7 Å². The highest BCUT2D eigenvalue weighted by atomic mass is 32.1. The maximum absolute atomic E-state index is 13.2. The van der Waals surface area contributed by atoms with Crippen LogP contribution in [0.3, 0.4) is 0 Å². The van der Waals surface area contributed by atoms with E-state index in [1.165, 1.54) is 0 Å². The fourth-order valence-electron chi connectivity index (χ4n) is 4.40. The highest BCUT2D eigenvalue weighted by molar-refractivity contribution is 7.22. The number of ether oxygens (including phenoxy) is 2. The lowest BCUT2D eigenvalue weighted by Gasteiger charge is -2.35. The Labute approximate surface area is 198 Å². The van der Waals surface area contributed by atoms with Gasteiger partial charge in [0.25, 0.3) is 0 Å². The van der Waals surface area contributed by atoms with E-state index in [2.05, 4.69) is 15.1 Å². The van der Waals surface area contributed by atoms with Gasteiger partial charge >= 0.3 is 0 Å². The summed E-state index contributed by atoms with van der Waals surface area (Å²) in [5, 5.41) is 12.5. The Morgan fingerprint density at radius 3 is 2.73 bits per heavy atom. The van der Waals surface area contributed by atoms with Crippen LogP contribution in [-0.2, 0) is 9.59 Å². The first kappa shape index (κ1) is 20.4. The van der Waals surface area contributed by atoms with E-state index in [4.69, 9.17) is 9.47 Å². The van der Waals surface area contributed by atoms with Crippen LogP contribution in [0.4, 0.5) is 10.8 Å². The molecule has 0 saturated carbocycles. The quantitative estimate of drug-likeness (QED) is 0.564. The van der Waals surface area contributed by atoms with E-state index >= 15 is 0 Å². The highest BCUT2D eigenvalue weighted by Crippen LogP contribution is 2.37. The van der Waals surface area contributed by atoms with E-state index in [1.807, 2.05) is 28.5 Å². The predicted octanol–water partition coefficient (Wildman–Crippen LogP) is 2.70. The molecule has 1 aromatic carbocycles. The number of fused-ring (bicyclic) bond motifs is 1. The molecule has 0 radical (unpaired) electrons. The van der Waals surface area contributed by atoms with Gasteiger partial charge in [-0.05, 0) is 23.6 Å². The van der Waals surface area contributed by atoms with Crippen molar-refractivity contribution in [2.75, 3.05) is 49.3 Å². The summed E-state index contributed by atoms with van der Waals surface area (Å²) in [5.74, 6) is 0.976. The molecular formula is C22H21N5O4S2. The number of amides is 2. The molecule has 1 unspecified atom stereocenters. The lowest BCUT2D eigenvalue weighted by atomic mass is 10.1. The van der Waals surface area contributed by atoms with E-state index < -0.39 is 0 Å². The first-order valence-electron chi connectivity index (χ1n) is 10.8. The number of carbonyl (C=O) groups excluding carboxylic acids is 2. The molecule has 11 heteroatoms. The molecule has 1 atom stereocenters. The molecule has 0 N–H and O–H groups in total. The van der Waals surface area contributed by atoms with Gasteiger partial charge < -0.3 is 24.2 Å². The van der Waals surface area contributed by atoms with Gasteiger partial charge in [0.1, 0.15) is 0 Å². The average molecular weight is 484 g/mol. The fourth-order valence-corrected chi connectivity index (χ4v) is 6.08. The highest BCUT2D eigenvalue weighted by Gasteiger charge is 2.38. The summed E-state index contributed by atoms with van der Waals surface area (Å²) >= 11 is 3.23. The van der Waals surface area contributed by atoms with Crippen molar-refractivity contribution in [1.29, 1.82) is 0 Å². The number of carbonyl (C=O) groups is 2. The Hall–Kier alpha value is -3.18. The van der Waals surface area contributed by atoms with Crippen molar-refractivity contribution >= 4 is 45.3 Å². The molecule has 2 saturated heterocycles. The zero-order valence-electron chi connectivity index (χ0n) is 17.7. The Morgan fingerprint density at radius 2 is 1.91 bits per heavy atom. The van der Waals surface area contributed by atoms with Crippen molar-refractivity contribution in [1.82, 2.24) is 15.1 Å². The molecule has 0 aliphatic carbocycles. The van der Waals surface area contributed by atoms with Gasteiger partial charge in [-0.2, -0.15) is 0 Å². The topological polar surface area (TPSA) is 88.1 Å². The zero-order valence-corrected chi connectivity index (χ0v) is 19.3. The van der Waals surface area contributed by atoms with Crippen LogP contribution in [0, 0.1) is 5.92 Å². The molecule has 0 spiro atoms. The molecule has 2 amide bonds. The summed E-state index contributed by atoms with van der Waals surface area (Å²) in [5.41, 5.74) is 0.738. The van der Waals surface area contributed by atoms with Gasteiger partial charge in [-0.15, -0.1) is 21.5 Å². The minimum Gasteiger partial charge on any atom is -0.454 e. The van der Waals surface area contributed by atoms with Crippen molar-refractivity contribution in [3.63, 3.8) is 0 Å². The third-order valence-corrected chi connectivity index (χ3v) is 8.17. The molecule has 170 valence electrons. The molecule has 2 fully saturated rings. The Morgan fingerprint density at radius 1 is 1.06 bits per heavy atom. The second-order valence-corrected chi connectivity index (χ2v) is 10.0. The van der Waals surface area contributed by atoms with Crippen LogP contribution in [0.5, 0.6) is 11.5 Å². The van der Waals surface area contributed by atoms with Gasteiger partial charge in [0.05, 0.1) is 10.8 Å². The third-order valence-electron chi connectivity index (χ3n) is 6.15. The maximum atomic E-state index is 13.2. The number of rotatable bonds is 4. The summed E-state index contributed by atoms with van der Waals surface area (Å²) in [6.07, 6.45) is 0.230. The van der Waals surface area contributed by atoms with Crippen molar-refractivity contribution in [3.05, 3.63) is 35.7 Å². The molecule has 6 rings (SSSR count). The second kappa shape index (κ2) is 8.31. The summed E-state index contributed by atoms with van der Waals surface area (Å²) < 4.78 is 10.8. The van der Waals surface area contributed by atoms with E-state index in [0.29, 0.717) is 44.2 Å². The van der Waals surface area contributed by atoms with Crippen molar-refractivity contribution in [3.8, 4) is 21.4 Å². The number of thiophene rings is 1. The van der Waals surface area contributed by atoms with Crippen LogP contribution >= 0.6 is 22.7 Å². The van der Waals surface area contributed by atoms with Crippen LogP contribution < -0.4 is 19.3 Å². The monoisotopic (exact) mass is 483 g/mol. The molecular weight excluding hydrogens is 462 g/mol. The summed E-state index contributed by atoms with van der Waals surface area (Å²) in [6, 6.07) is 9.49. The first-order chi connectivity index (χ1) is 16.2. The summed E-state index contributed by atoms with van der Waals surface area (Å²) in [4.78, 5) is 32.7.